The van der Waals surface area contributed by atoms with Crippen molar-refractivity contribution in [1.82, 2.24) is 4.98 Å². The molecule has 0 saturated carbocycles. The topological polar surface area (TPSA) is 116 Å². The van der Waals surface area contributed by atoms with E-state index in [2.05, 4.69) is 10.3 Å². The van der Waals surface area contributed by atoms with E-state index in [1.165, 1.54) is 18.3 Å². The zero-order chi connectivity index (χ0) is 21.1. The van der Waals surface area contributed by atoms with Crippen LogP contribution < -0.4 is 11.1 Å². The van der Waals surface area contributed by atoms with E-state index in [0.29, 0.717) is 39.2 Å². The maximum absolute atomic E-state index is 13.5. The van der Waals surface area contributed by atoms with Gasteiger partial charge in [0.1, 0.15) is 17.6 Å². The van der Waals surface area contributed by atoms with E-state index < -0.39 is 5.91 Å². The molecule has 0 aliphatic carbocycles. The van der Waals surface area contributed by atoms with Crippen molar-refractivity contribution in [2.45, 2.75) is 13.8 Å². The molecule has 4 N–H and O–H groups in total. The summed E-state index contributed by atoms with van der Waals surface area (Å²) in [5.41, 5.74) is 9.45. The molecule has 1 amide bonds. The molecule has 0 spiro atoms. The highest BCUT2D eigenvalue weighted by atomic mass is 19.1. The summed E-state index contributed by atoms with van der Waals surface area (Å²) in [5, 5.41) is 20.1. The lowest BCUT2D eigenvalue weighted by Crippen LogP contribution is -2.16. The number of carbonyl (C=O) groups is 1. The van der Waals surface area contributed by atoms with Gasteiger partial charge >= 0.3 is 0 Å². The zero-order valence-corrected chi connectivity index (χ0v) is 15.9. The van der Waals surface area contributed by atoms with Crippen molar-refractivity contribution >= 4 is 23.0 Å². The Balaban J connectivity index is 1.89. The predicted octanol–water partition coefficient (Wildman–Crippen LogP) is 3.96. The maximum atomic E-state index is 13.5. The van der Waals surface area contributed by atoms with E-state index in [1.54, 1.807) is 44.2 Å². The molecule has 1 heterocycles. The number of carbonyl (C=O) groups excluding carboxylic acids is 1. The molecule has 2 aromatic carbocycles. The summed E-state index contributed by atoms with van der Waals surface area (Å²) in [4.78, 5) is 16.6. The number of halogens is 1. The fourth-order valence-corrected chi connectivity index (χ4v) is 2.87. The Labute approximate surface area is 167 Å². The number of benzene rings is 2. The van der Waals surface area contributed by atoms with Crippen molar-refractivity contribution < 1.29 is 9.18 Å². The fourth-order valence-electron chi connectivity index (χ4n) is 2.87. The van der Waals surface area contributed by atoms with Crippen LogP contribution in [0, 0.1) is 36.4 Å². The highest BCUT2D eigenvalue weighted by molar-refractivity contribution is 6.15. The van der Waals surface area contributed by atoms with E-state index >= 15 is 0 Å². The highest BCUT2D eigenvalue weighted by Crippen LogP contribution is 2.23. The molecular weight excluding hydrogens is 369 g/mol. The standard InChI is InChI=1S/C22H18FN5O/c1-12-8-15(3-5-18(12)23)20(26)17-9-16(4-6-19(17)25)28-22(29)21-13(2)7-14(10-24)11-27-21/h3-9,11,26H,25H2,1-2H3,(H,28,29). The van der Waals surface area contributed by atoms with Gasteiger partial charge in [-0.1, -0.05) is 0 Å². The zero-order valence-electron chi connectivity index (χ0n) is 15.9. The molecule has 6 nitrogen and oxygen atoms in total. The average Bonchev–Trinajstić information content (AvgIpc) is 2.70. The lowest BCUT2D eigenvalue weighted by atomic mass is 9.98. The molecule has 0 radical (unpaired) electrons. The molecule has 29 heavy (non-hydrogen) atoms. The van der Waals surface area contributed by atoms with Crippen LogP contribution in [0.5, 0.6) is 0 Å². The van der Waals surface area contributed by atoms with Crippen molar-refractivity contribution in [2.24, 2.45) is 0 Å². The third-order valence-corrected chi connectivity index (χ3v) is 4.45. The Morgan fingerprint density at radius 2 is 1.93 bits per heavy atom. The number of nitrogens with one attached hydrogen (secondary N) is 2. The van der Waals surface area contributed by atoms with Crippen molar-refractivity contribution in [3.8, 4) is 6.07 Å². The molecule has 3 aromatic rings. The minimum atomic E-state index is -0.438. The summed E-state index contributed by atoms with van der Waals surface area (Å²) in [6, 6.07) is 12.8. The van der Waals surface area contributed by atoms with Crippen LogP contribution in [-0.2, 0) is 0 Å². The first kappa shape index (κ1) is 19.7. The second-order valence-corrected chi connectivity index (χ2v) is 6.60. The number of amides is 1. The van der Waals surface area contributed by atoms with Gasteiger partial charge in [-0.2, -0.15) is 5.26 Å². The molecule has 0 aliphatic heterocycles. The molecule has 0 aliphatic rings. The van der Waals surface area contributed by atoms with Crippen LogP contribution in [0.4, 0.5) is 15.8 Å². The molecule has 0 fully saturated rings. The fraction of sp³-hybridized carbons (Fsp3) is 0.0909. The number of nitrogens with two attached hydrogens (primary N) is 1. The van der Waals surface area contributed by atoms with Crippen LogP contribution in [0.3, 0.4) is 0 Å². The number of pyridine rings is 1. The molecule has 144 valence electrons. The summed E-state index contributed by atoms with van der Waals surface area (Å²) in [6.07, 6.45) is 1.34. The van der Waals surface area contributed by atoms with Crippen molar-refractivity contribution in [3.63, 3.8) is 0 Å². The number of nitrogen functional groups attached to an aromatic ring is 1. The van der Waals surface area contributed by atoms with Gasteiger partial charge in [0.05, 0.1) is 11.3 Å². The molecule has 1 aromatic heterocycles. The van der Waals surface area contributed by atoms with Crippen LogP contribution in [0.2, 0.25) is 0 Å². The minimum absolute atomic E-state index is 0.120. The van der Waals surface area contributed by atoms with Gasteiger partial charge in [0.15, 0.2) is 0 Å². The summed E-state index contributed by atoms with van der Waals surface area (Å²) >= 11 is 0. The van der Waals surface area contributed by atoms with Gasteiger partial charge in [-0.15, -0.1) is 0 Å². The molecule has 3 rings (SSSR count). The Morgan fingerprint density at radius 1 is 1.17 bits per heavy atom. The van der Waals surface area contributed by atoms with E-state index in [1.807, 2.05) is 6.07 Å². The lowest BCUT2D eigenvalue weighted by Gasteiger charge is -2.12. The Bertz CT molecular complexity index is 1180. The average molecular weight is 387 g/mol. The largest absolute Gasteiger partial charge is 0.398 e. The van der Waals surface area contributed by atoms with E-state index in [-0.39, 0.29) is 17.2 Å². The number of anilines is 2. The summed E-state index contributed by atoms with van der Waals surface area (Å²) in [5.74, 6) is -0.785. The summed E-state index contributed by atoms with van der Waals surface area (Å²) in [6.45, 7) is 3.32. The number of hydrogen-bond donors (Lipinski definition) is 3. The molecule has 0 atom stereocenters. The second kappa shape index (κ2) is 7.90. The van der Waals surface area contributed by atoms with E-state index in [9.17, 15) is 9.18 Å². The van der Waals surface area contributed by atoms with Crippen LogP contribution >= 0.6 is 0 Å². The molecule has 0 bridgehead atoms. The van der Waals surface area contributed by atoms with Gasteiger partial charge in [-0.25, -0.2) is 9.37 Å². The van der Waals surface area contributed by atoms with Crippen molar-refractivity contribution in [1.29, 1.82) is 10.7 Å². The van der Waals surface area contributed by atoms with Crippen LogP contribution in [0.25, 0.3) is 0 Å². The molecule has 0 unspecified atom stereocenters. The number of nitrogens with zero attached hydrogens (tertiary/aromatic N) is 2. The smallest absolute Gasteiger partial charge is 0.274 e. The lowest BCUT2D eigenvalue weighted by molar-refractivity contribution is 0.102. The Kier molecular flexibility index (Phi) is 5.37. The first-order valence-electron chi connectivity index (χ1n) is 8.73. The third-order valence-electron chi connectivity index (χ3n) is 4.45. The minimum Gasteiger partial charge on any atom is -0.398 e. The van der Waals surface area contributed by atoms with Gasteiger partial charge in [0.2, 0.25) is 0 Å². The molecule has 7 heteroatoms. The Hall–Kier alpha value is -4.05. The number of nitriles is 1. The third kappa shape index (κ3) is 4.12. The van der Waals surface area contributed by atoms with Crippen LogP contribution in [0.15, 0.2) is 48.7 Å². The van der Waals surface area contributed by atoms with Gasteiger partial charge in [-0.3, -0.25) is 10.2 Å². The number of aryl methyl sites for hydroxylation is 2. The van der Waals surface area contributed by atoms with Gasteiger partial charge in [0, 0.05) is 28.7 Å². The SMILES string of the molecule is Cc1cc(C(=N)c2cc(NC(=O)c3ncc(C#N)cc3C)ccc2N)ccc1F. The monoisotopic (exact) mass is 387 g/mol. The molecule has 0 saturated heterocycles. The van der Waals surface area contributed by atoms with Gasteiger partial charge in [-0.05, 0) is 67.4 Å². The maximum Gasteiger partial charge on any atom is 0.274 e. The number of rotatable bonds is 4. The van der Waals surface area contributed by atoms with E-state index in [0.717, 1.165) is 0 Å². The van der Waals surface area contributed by atoms with Gasteiger partial charge in [0.25, 0.3) is 5.91 Å². The van der Waals surface area contributed by atoms with Crippen molar-refractivity contribution in [2.75, 3.05) is 11.1 Å². The number of hydrogen-bond acceptors (Lipinski definition) is 5. The number of aromatic nitrogens is 1. The Morgan fingerprint density at radius 3 is 2.59 bits per heavy atom. The highest BCUT2D eigenvalue weighted by Gasteiger charge is 2.15. The summed E-state index contributed by atoms with van der Waals surface area (Å²) in [7, 11) is 0. The summed E-state index contributed by atoms with van der Waals surface area (Å²) < 4.78 is 13.5. The van der Waals surface area contributed by atoms with Crippen LogP contribution in [0.1, 0.15) is 38.3 Å². The predicted molar refractivity (Wildman–Crippen MR) is 110 cm³/mol. The second-order valence-electron chi connectivity index (χ2n) is 6.60. The van der Waals surface area contributed by atoms with Crippen LogP contribution in [-0.4, -0.2) is 16.6 Å². The first-order chi connectivity index (χ1) is 13.8. The van der Waals surface area contributed by atoms with E-state index in [4.69, 9.17) is 16.4 Å². The first-order valence-corrected chi connectivity index (χ1v) is 8.73. The van der Waals surface area contributed by atoms with Crippen molar-refractivity contribution in [3.05, 3.63) is 88.0 Å². The molecular formula is C22H18FN5O. The normalized spacial score (nSPS) is 10.3. The quantitative estimate of drug-likeness (QED) is 0.464. The van der Waals surface area contributed by atoms with Gasteiger partial charge < -0.3 is 11.1 Å².